The summed E-state index contributed by atoms with van der Waals surface area (Å²) in [6.45, 7) is 7.60. The number of nitrogens with zero attached hydrogens (tertiary/aromatic N) is 5. The standard InChI is InChI=1S/C21H30N6O/c1-17-4-2-3-5-20(17)18-6-10-25(14-18)13-9-22-21(28)26-11-7-19(8-12-26)27-15-23-24-16-27/h2-5,15-16,18-19H,6-14H2,1H3,(H,22,28). The van der Waals surface area contributed by atoms with E-state index in [0.717, 1.165) is 45.6 Å². The summed E-state index contributed by atoms with van der Waals surface area (Å²) in [5, 5.41) is 10.9. The lowest BCUT2D eigenvalue weighted by Crippen LogP contribution is -2.46. The Morgan fingerprint density at radius 1 is 1.11 bits per heavy atom. The van der Waals surface area contributed by atoms with Crippen molar-refractivity contribution in [2.24, 2.45) is 0 Å². The SMILES string of the molecule is Cc1ccccc1C1CCN(CCNC(=O)N2CCC(n3cnnc3)CC2)C1. The molecular weight excluding hydrogens is 352 g/mol. The normalized spacial score (nSPS) is 21.2. The van der Waals surface area contributed by atoms with Gasteiger partial charge in [0.2, 0.25) is 0 Å². The van der Waals surface area contributed by atoms with Gasteiger partial charge in [-0.05, 0) is 49.8 Å². The fourth-order valence-electron chi connectivity index (χ4n) is 4.53. The molecule has 0 bridgehead atoms. The van der Waals surface area contributed by atoms with Crippen molar-refractivity contribution in [3.8, 4) is 0 Å². The molecule has 2 aliphatic rings. The van der Waals surface area contributed by atoms with Crippen molar-refractivity contribution in [1.82, 2.24) is 29.9 Å². The zero-order chi connectivity index (χ0) is 19.3. The highest BCUT2D eigenvalue weighted by molar-refractivity contribution is 5.74. The highest BCUT2D eigenvalue weighted by Crippen LogP contribution is 2.29. The molecule has 1 N–H and O–H groups in total. The van der Waals surface area contributed by atoms with Gasteiger partial charge < -0.3 is 19.7 Å². The van der Waals surface area contributed by atoms with E-state index in [0.29, 0.717) is 18.5 Å². The highest BCUT2D eigenvalue weighted by Gasteiger charge is 2.26. The lowest BCUT2D eigenvalue weighted by Gasteiger charge is -2.32. The van der Waals surface area contributed by atoms with Crippen molar-refractivity contribution in [2.45, 2.75) is 38.1 Å². The first-order chi connectivity index (χ1) is 13.7. The highest BCUT2D eigenvalue weighted by atomic mass is 16.2. The molecule has 2 aliphatic heterocycles. The summed E-state index contributed by atoms with van der Waals surface area (Å²) < 4.78 is 2.05. The van der Waals surface area contributed by atoms with Gasteiger partial charge in [-0.3, -0.25) is 0 Å². The van der Waals surface area contributed by atoms with Gasteiger partial charge in [0.15, 0.2) is 0 Å². The number of urea groups is 1. The van der Waals surface area contributed by atoms with Gasteiger partial charge in [-0.2, -0.15) is 0 Å². The summed E-state index contributed by atoms with van der Waals surface area (Å²) in [6.07, 6.45) is 6.64. The second-order valence-electron chi connectivity index (χ2n) is 8.00. The van der Waals surface area contributed by atoms with Crippen LogP contribution in [0.15, 0.2) is 36.9 Å². The van der Waals surface area contributed by atoms with Crippen LogP contribution in [0.2, 0.25) is 0 Å². The molecule has 2 fully saturated rings. The molecule has 2 aromatic rings. The van der Waals surface area contributed by atoms with Crippen molar-refractivity contribution in [2.75, 3.05) is 39.3 Å². The topological polar surface area (TPSA) is 66.3 Å². The van der Waals surface area contributed by atoms with Crippen LogP contribution in [0, 0.1) is 6.92 Å². The first-order valence-electron chi connectivity index (χ1n) is 10.4. The maximum absolute atomic E-state index is 12.5. The Morgan fingerprint density at radius 3 is 2.61 bits per heavy atom. The molecule has 2 saturated heterocycles. The summed E-state index contributed by atoms with van der Waals surface area (Å²) in [4.78, 5) is 16.9. The summed E-state index contributed by atoms with van der Waals surface area (Å²) in [7, 11) is 0. The molecule has 1 aromatic heterocycles. The maximum atomic E-state index is 12.5. The Kier molecular flexibility index (Phi) is 5.90. The Labute approximate surface area is 166 Å². The van der Waals surface area contributed by atoms with Gasteiger partial charge in [0, 0.05) is 38.8 Å². The average Bonchev–Trinajstić information content (AvgIpc) is 3.41. The number of piperidine rings is 1. The summed E-state index contributed by atoms with van der Waals surface area (Å²) in [6, 6.07) is 9.17. The predicted octanol–water partition coefficient (Wildman–Crippen LogP) is 2.42. The maximum Gasteiger partial charge on any atom is 0.317 e. The number of aryl methyl sites for hydroxylation is 1. The molecule has 150 valence electrons. The van der Waals surface area contributed by atoms with E-state index in [-0.39, 0.29) is 6.03 Å². The smallest absolute Gasteiger partial charge is 0.317 e. The molecule has 0 saturated carbocycles. The van der Waals surface area contributed by atoms with Gasteiger partial charge in [0.25, 0.3) is 0 Å². The molecule has 28 heavy (non-hydrogen) atoms. The number of benzene rings is 1. The number of amides is 2. The van der Waals surface area contributed by atoms with Crippen molar-refractivity contribution in [1.29, 1.82) is 0 Å². The number of aromatic nitrogens is 3. The molecule has 7 heteroatoms. The monoisotopic (exact) mass is 382 g/mol. The second kappa shape index (κ2) is 8.73. The van der Waals surface area contributed by atoms with E-state index in [1.807, 2.05) is 9.47 Å². The number of hydrogen-bond acceptors (Lipinski definition) is 4. The van der Waals surface area contributed by atoms with Crippen molar-refractivity contribution in [3.05, 3.63) is 48.0 Å². The Balaban J connectivity index is 1.17. The van der Waals surface area contributed by atoms with Crippen LogP contribution in [-0.4, -0.2) is 69.9 Å². The van der Waals surface area contributed by atoms with Gasteiger partial charge in [-0.15, -0.1) is 10.2 Å². The molecule has 7 nitrogen and oxygen atoms in total. The van der Waals surface area contributed by atoms with E-state index in [1.165, 1.54) is 17.5 Å². The first-order valence-corrected chi connectivity index (χ1v) is 10.4. The zero-order valence-electron chi connectivity index (χ0n) is 16.6. The average molecular weight is 383 g/mol. The fourth-order valence-corrected chi connectivity index (χ4v) is 4.53. The number of likely N-dealkylation sites (tertiary alicyclic amines) is 2. The van der Waals surface area contributed by atoms with E-state index >= 15 is 0 Å². The van der Waals surface area contributed by atoms with E-state index in [4.69, 9.17) is 0 Å². The van der Waals surface area contributed by atoms with E-state index in [1.54, 1.807) is 12.7 Å². The van der Waals surface area contributed by atoms with Gasteiger partial charge in [0.1, 0.15) is 12.7 Å². The Hall–Kier alpha value is -2.41. The van der Waals surface area contributed by atoms with Crippen LogP contribution in [0.3, 0.4) is 0 Å². The molecule has 1 unspecified atom stereocenters. The first kappa shape index (κ1) is 18.9. The number of nitrogens with one attached hydrogen (secondary N) is 1. The minimum atomic E-state index is 0.0665. The molecule has 0 aliphatic carbocycles. The van der Waals surface area contributed by atoms with Crippen molar-refractivity contribution >= 4 is 6.03 Å². The second-order valence-corrected chi connectivity index (χ2v) is 8.00. The third-order valence-corrected chi connectivity index (χ3v) is 6.21. The van der Waals surface area contributed by atoms with Crippen LogP contribution in [0.25, 0.3) is 0 Å². The Bertz CT molecular complexity index is 769. The molecule has 3 heterocycles. The van der Waals surface area contributed by atoms with Crippen LogP contribution in [0.1, 0.15) is 42.3 Å². The molecule has 4 rings (SSSR count). The van der Waals surface area contributed by atoms with Crippen LogP contribution >= 0.6 is 0 Å². The third-order valence-electron chi connectivity index (χ3n) is 6.21. The zero-order valence-corrected chi connectivity index (χ0v) is 16.6. The lowest BCUT2D eigenvalue weighted by molar-refractivity contribution is 0.170. The number of hydrogen-bond donors (Lipinski definition) is 1. The number of rotatable bonds is 5. The molecule has 1 aromatic carbocycles. The van der Waals surface area contributed by atoms with Gasteiger partial charge in [0.05, 0.1) is 0 Å². The number of carbonyl (C=O) groups is 1. The molecular formula is C21H30N6O. The van der Waals surface area contributed by atoms with Gasteiger partial charge in [-0.25, -0.2) is 4.79 Å². The van der Waals surface area contributed by atoms with Crippen LogP contribution in [0.5, 0.6) is 0 Å². The quantitative estimate of drug-likeness (QED) is 0.862. The summed E-state index contributed by atoms with van der Waals surface area (Å²) in [5.41, 5.74) is 2.86. The van der Waals surface area contributed by atoms with Gasteiger partial charge in [-0.1, -0.05) is 24.3 Å². The fraction of sp³-hybridized carbons (Fsp3) is 0.571. The minimum Gasteiger partial charge on any atom is -0.337 e. The van der Waals surface area contributed by atoms with Crippen molar-refractivity contribution < 1.29 is 4.79 Å². The molecule has 2 amide bonds. The van der Waals surface area contributed by atoms with Gasteiger partial charge >= 0.3 is 6.03 Å². The van der Waals surface area contributed by atoms with E-state index in [9.17, 15) is 4.79 Å². The van der Waals surface area contributed by atoms with Crippen molar-refractivity contribution in [3.63, 3.8) is 0 Å². The summed E-state index contributed by atoms with van der Waals surface area (Å²) >= 11 is 0. The van der Waals surface area contributed by atoms with Crippen LogP contribution in [-0.2, 0) is 0 Å². The molecule has 0 radical (unpaired) electrons. The largest absolute Gasteiger partial charge is 0.337 e. The minimum absolute atomic E-state index is 0.0665. The third kappa shape index (κ3) is 4.35. The summed E-state index contributed by atoms with van der Waals surface area (Å²) in [5.74, 6) is 0.619. The van der Waals surface area contributed by atoms with Crippen LogP contribution < -0.4 is 5.32 Å². The lowest BCUT2D eigenvalue weighted by atomic mass is 9.94. The van der Waals surface area contributed by atoms with Crippen LogP contribution in [0.4, 0.5) is 4.79 Å². The predicted molar refractivity (Wildman–Crippen MR) is 108 cm³/mol. The molecule has 0 spiro atoms. The Morgan fingerprint density at radius 2 is 1.86 bits per heavy atom. The molecule has 1 atom stereocenters. The number of carbonyl (C=O) groups excluding carboxylic acids is 1. The van der Waals surface area contributed by atoms with E-state index < -0.39 is 0 Å². The van der Waals surface area contributed by atoms with E-state index in [2.05, 4.69) is 51.6 Å².